The van der Waals surface area contributed by atoms with Gasteiger partial charge in [0, 0.05) is 32.7 Å². The van der Waals surface area contributed by atoms with Crippen molar-refractivity contribution in [2.45, 2.75) is 6.92 Å². The summed E-state index contributed by atoms with van der Waals surface area (Å²) in [6, 6.07) is 50.7. The van der Waals surface area contributed by atoms with Gasteiger partial charge in [0.05, 0.1) is 27.8 Å². The Labute approximate surface area is 259 Å². The molecule has 0 atom stereocenters. The monoisotopic (exact) mass is 577 g/mol. The van der Waals surface area contributed by atoms with Crippen LogP contribution in [0.2, 0.25) is 0 Å². The van der Waals surface area contributed by atoms with Gasteiger partial charge < -0.3 is 4.57 Å². The van der Waals surface area contributed by atoms with Gasteiger partial charge >= 0.3 is 0 Å². The molecule has 0 N–H and O–H groups in total. The predicted octanol–water partition coefficient (Wildman–Crippen LogP) is 9.71. The van der Waals surface area contributed by atoms with Crippen LogP contribution in [-0.4, -0.2) is 24.1 Å². The molecule has 0 aliphatic carbocycles. The number of aryl methyl sites for hydroxylation is 1. The minimum atomic E-state index is 0.587. The quantitative estimate of drug-likeness (QED) is 0.209. The molecule has 6 aromatic carbocycles. The van der Waals surface area contributed by atoms with E-state index in [1.807, 2.05) is 18.2 Å². The summed E-state index contributed by atoms with van der Waals surface area (Å²) in [4.78, 5) is 15.5. The predicted molar refractivity (Wildman–Crippen MR) is 184 cm³/mol. The average molecular weight is 578 g/mol. The molecule has 5 nitrogen and oxygen atoms in total. The zero-order valence-corrected chi connectivity index (χ0v) is 24.6. The van der Waals surface area contributed by atoms with E-state index < -0.39 is 0 Å². The number of aromatic nitrogens is 5. The zero-order valence-electron chi connectivity index (χ0n) is 24.6. The Morgan fingerprint density at radius 1 is 0.422 bits per heavy atom. The molecule has 3 aromatic heterocycles. The van der Waals surface area contributed by atoms with Crippen LogP contribution in [0.4, 0.5) is 0 Å². The molecule has 45 heavy (non-hydrogen) atoms. The van der Waals surface area contributed by atoms with E-state index in [2.05, 4.69) is 143 Å². The topological polar surface area (TPSA) is 48.5 Å². The highest BCUT2D eigenvalue weighted by molar-refractivity contribution is 6.10. The van der Waals surface area contributed by atoms with Gasteiger partial charge in [-0.25, -0.2) is 4.98 Å². The summed E-state index contributed by atoms with van der Waals surface area (Å²) in [5.41, 5.74) is 8.53. The van der Waals surface area contributed by atoms with Crippen molar-refractivity contribution in [1.29, 1.82) is 0 Å². The second kappa shape index (κ2) is 10.00. The molecule has 0 amide bonds. The second-order valence-electron chi connectivity index (χ2n) is 11.4. The lowest BCUT2D eigenvalue weighted by Gasteiger charge is -2.15. The van der Waals surface area contributed by atoms with Crippen molar-refractivity contribution < 1.29 is 0 Å². The SMILES string of the molecule is Cc1ccc2c(c1)c1ccccc1n2-c1ccccc1-c1nc(-c2ccccc2)nc(-n2c3ccccc3c3ccccc32)n1. The third-order valence-electron chi connectivity index (χ3n) is 8.65. The van der Waals surface area contributed by atoms with Crippen LogP contribution in [0.5, 0.6) is 0 Å². The van der Waals surface area contributed by atoms with Gasteiger partial charge in [0.2, 0.25) is 5.95 Å². The summed E-state index contributed by atoms with van der Waals surface area (Å²) in [5.74, 6) is 1.84. The van der Waals surface area contributed by atoms with Crippen LogP contribution in [0.25, 0.3) is 78.0 Å². The van der Waals surface area contributed by atoms with Gasteiger partial charge in [-0.05, 0) is 49.4 Å². The maximum absolute atomic E-state index is 5.24. The van der Waals surface area contributed by atoms with Crippen molar-refractivity contribution in [3.63, 3.8) is 0 Å². The Balaban J connectivity index is 1.36. The molecule has 0 unspecified atom stereocenters. The zero-order chi connectivity index (χ0) is 29.9. The van der Waals surface area contributed by atoms with Gasteiger partial charge in [-0.3, -0.25) is 4.57 Å². The first-order chi connectivity index (χ1) is 22.2. The Bertz CT molecular complexity index is 2500. The summed E-state index contributed by atoms with van der Waals surface area (Å²) in [6.45, 7) is 2.14. The molecule has 0 fully saturated rings. The lowest BCUT2D eigenvalue weighted by atomic mass is 10.1. The lowest BCUT2D eigenvalue weighted by Crippen LogP contribution is -2.07. The van der Waals surface area contributed by atoms with Gasteiger partial charge in [0.15, 0.2) is 11.6 Å². The van der Waals surface area contributed by atoms with Gasteiger partial charge in [-0.1, -0.05) is 109 Å². The van der Waals surface area contributed by atoms with Crippen molar-refractivity contribution in [2.75, 3.05) is 0 Å². The summed E-state index contributed by atoms with van der Waals surface area (Å²) in [5, 5.41) is 4.78. The third-order valence-corrected chi connectivity index (χ3v) is 8.65. The molecule has 0 radical (unpaired) electrons. The van der Waals surface area contributed by atoms with E-state index in [1.54, 1.807) is 0 Å². The minimum absolute atomic E-state index is 0.587. The van der Waals surface area contributed by atoms with Crippen LogP contribution in [0.3, 0.4) is 0 Å². The van der Waals surface area contributed by atoms with Crippen molar-refractivity contribution in [2.24, 2.45) is 0 Å². The van der Waals surface area contributed by atoms with E-state index in [9.17, 15) is 0 Å². The molecule has 212 valence electrons. The molecule has 0 aliphatic heterocycles. The first-order valence-electron chi connectivity index (χ1n) is 15.1. The molecule has 0 saturated heterocycles. The van der Waals surface area contributed by atoms with E-state index >= 15 is 0 Å². The fourth-order valence-corrected chi connectivity index (χ4v) is 6.64. The Kier molecular flexibility index (Phi) is 5.65. The van der Waals surface area contributed by atoms with Crippen LogP contribution in [0.1, 0.15) is 5.56 Å². The molecule has 9 aromatic rings. The van der Waals surface area contributed by atoms with Crippen LogP contribution in [-0.2, 0) is 0 Å². The number of fused-ring (bicyclic) bond motifs is 6. The van der Waals surface area contributed by atoms with Crippen molar-refractivity contribution in [3.05, 3.63) is 151 Å². The number of benzene rings is 6. The van der Waals surface area contributed by atoms with Gasteiger partial charge in [0.1, 0.15) is 0 Å². The van der Waals surface area contributed by atoms with Gasteiger partial charge in [-0.15, -0.1) is 0 Å². The molecule has 0 aliphatic rings. The number of hydrogen-bond donors (Lipinski definition) is 0. The lowest BCUT2D eigenvalue weighted by molar-refractivity contribution is 0.951. The van der Waals surface area contributed by atoms with E-state index in [0.29, 0.717) is 17.6 Å². The van der Waals surface area contributed by atoms with Crippen LogP contribution in [0, 0.1) is 6.92 Å². The summed E-state index contributed by atoms with van der Waals surface area (Å²) >= 11 is 0. The smallest absolute Gasteiger partial charge is 0.238 e. The fourth-order valence-electron chi connectivity index (χ4n) is 6.64. The van der Waals surface area contributed by atoms with E-state index in [1.165, 1.54) is 16.3 Å². The number of rotatable bonds is 4. The summed E-state index contributed by atoms with van der Waals surface area (Å²) in [6.07, 6.45) is 0. The number of hydrogen-bond acceptors (Lipinski definition) is 3. The number of nitrogens with zero attached hydrogens (tertiary/aromatic N) is 5. The highest BCUT2D eigenvalue weighted by Gasteiger charge is 2.20. The fraction of sp³-hybridized carbons (Fsp3) is 0.0250. The van der Waals surface area contributed by atoms with Gasteiger partial charge in [0.25, 0.3) is 0 Å². The maximum Gasteiger partial charge on any atom is 0.238 e. The average Bonchev–Trinajstić information content (AvgIpc) is 3.61. The molecular weight excluding hydrogens is 550 g/mol. The van der Waals surface area contributed by atoms with E-state index in [-0.39, 0.29) is 0 Å². The van der Waals surface area contributed by atoms with Crippen molar-refractivity contribution in [1.82, 2.24) is 24.1 Å². The second-order valence-corrected chi connectivity index (χ2v) is 11.4. The highest BCUT2D eigenvalue weighted by atomic mass is 15.2. The van der Waals surface area contributed by atoms with Crippen molar-refractivity contribution in [3.8, 4) is 34.4 Å². The molecule has 0 saturated carbocycles. The molecule has 0 bridgehead atoms. The van der Waals surface area contributed by atoms with Crippen molar-refractivity contribution >= 4 is 43.6 Å². The maximum atomic E-state index is 5.24. The first-order valence-corrected chi connectivity index (χ1v) is 15.1. The Morgan fingerprint density at radius 2 is 0.956 bits per heavy atom. The molecule has 0 spiro atoms. The normalized spacial score (nSPS) is 11.7. The Hall–Kier alpha value is -6.07. The van der Waals surface area contributed by atoms with E-state index in [0.717, 1.165) is 49.7 Å². The molecule has 5 heteroatoms. The van der Waals surface area contributed by atoms with Crippen LogP contribution in [0.15, 0.2) is 146 Å². The largest absolute Gasteiger partial charge is 0.309 e. The van der Waals surface area contributed by atoms with E-state index in [4.69, 9.17) is 15.0 Å². The standard InChI is InChI=1S/C40H27N5/c1-26-23-24-37-32(25-26)30-17-7-9-19-33(30)44(37)36-22-12-8-18-31(36)39-41-38(27-13-3-2-4-14-27)42-40(43-39)45-34-20-10-5-15-28(34)29-16-6-11-21-35(29)45/h2-25H,1H3. The number of para-hydroxylation sites is 4. The first kappa shape index (κ1) is 25.4. The van der Waals surface area contributed by atoms with Crippen LogP contribution < -0.4 is 0 Å². The minimum Gasteiger partial charge on any atom is -0.309 e. The van der Waals surface area contributed by atoms with Crippen LogP contribution >= 0.6 is 0 Å². The molecule has 3 heterocycles. The Morgan fingerprint density at radius 3 is 1.67 bits per heavy atom. The van der Waals surface area contributed by atoms with Gasteiger partial charge in [-0.2, -0.15) is 9.97 Å². The molecule has 9 rings (SSSR count). The molecular formula is C40H27N5. The third kappa shape index (κ3) is 3.98. The highest BCUT2D eigenvalue weighted by Crippen LogP contribution is 2.37. The summed E-state index contributed by atoms with van der Waals surface area (Å²) < 4.78 is 4.50. The summed E-state index contributed by atoms with van der Waals surface area (Å²) in [7, 11) is 0.